The van der Waals surface area contributed by atoms with Crippen molar-refractivity contribution in [1.82, 2.24) is 0 Å². The Labute approximate surface area is 123 Å². The van der Waals surface area contributed by atoms with Crippen molar-refractivity contribution in [3.05, 3.63) is 65.4 Å². The van der Waals surface area contributed by atoms with Crippen LogP contribution in [0, 0.1) is 6.92 Å². The number of rotatable bonds is 4. The summed E-state index contributed by atoms with van der Waals surface area (Å²) >= 11 is 0. The van der Waals surface area contributed by atoms with E-state index in [1.807, 2.05) is 62.4 Å². The van der Waals surface area contributed by atoms with Gasteiger partial charge >= 0.3 is 0 Å². The van der Waals surface area contributed by atoms with Crippen molar-refractivity contribution in [2.75, 3.05) is 6.61 Å². The fraction of sp³-hybridized carbons (Fsp3) is 0.222. The molecule has 0 aliphatic rings. The molecule has 2 aromatic carbocycles. The van der Waals surface area contributed by atoms with Crippen molar-refractivity contribution in [1.29, 1.82) is 0 Å². The Balaban J connectivity index is 1.98. The van der Waals surface area contributed by atoms with Crippen molar-refractivity contribution in [2.45, 2.75) is 20.0 Å². The highest BCUT2D eigenvalue weighted by molar-refractivity contribution is 5.81. The number of benzene rings is 2. The summed E-state index contributed by atoms with van der Waals surface area (Å²) in [5.74, 6) is 1.30. The van der Waals surface area contributed by atoms with Crippen LogP contribution in [0.3, 0.4) is 0 Å². The first-order valence-corrected chi connectivity index (χ1v) is 7.09. The minimum absolute atomic E-state index is 0.549. The molecule has 1 heterocycles. The van der Waals surface area contributed by atoms with Crippen LogP contribution in [0.15, 0.2) is 52.9 Å². The van der Waals surface area contributed by atoms with Gasteiger partial charge in [0, 0.05) is 5.39 Å². The number of hydrogen-bond donors (Lipinski definition) is 1. The average molecular weight is 282 g/mol. The van der Waals surface area contributed by atoms with Gasteiger partial charge in [-0.05, 0) is 43.2 Å². The predicted octanol–water partition coefficient (Wildman–Crippen LogP) is 4.22. The summed E-state index contributed by atoms with van der Waals surface area (Å²) in [4.78, 5) is 0. The number of fused-ring (bicyclic) bond motifs is 1. The smallest absolute Gasteiger partial charge is 0.138 e. The van der Waals surface area contributed by atoms with Crippen molar-refractivity contribution >= 4 is 11.0 Å². The van der Waals surface area contributed by atoms with Crippen molar-refractivity contribution in [3.8, 4) is 5.75 Å². The fourth-order valence-corrected chi connectivity index (χ4v) is 2.47. The Morgan fingerprint density at radius 1 is 1.14 bits per heavy atom. The number of para-hydroxylation sites is 1. The van der Waals surface area contributed by atoms with E-state index < -0.39 is 6.10 Å². The summed E-state index contributed by atoms with van der Waals surface area (Å²) in [6.07, 6.45) is -0.794. The molecule has 0 saturated carbocycles. The fourth-order valence-electron chi connectivity index (χ4n) is 2.47. The maximum absolute atomic E-state index is 10.5. The highest BCUT2D eigenvalue weighted by Gasteiger charge is 2.16. The Morgan fingerprint density at radius 3 is 2.71 bits per heavy atom. The van der Waals surface area contributed by atoms with Crippen LogP contribution in [-0.2, 0) is 0 Å². The molecule has 0 bridgehead atoms. The van der Waals surface area contributed by atoms with Crippen LogP contribution in [0.1, 0.15) is 29.9 Å². The van der Waals surface area contributed by atoms with Crippen LogP contribution < -0.4 is 4.74 Å². The molecule has 1 atom stereocenters. The van der Waals surface area contributed by atoms with Crippen LogP contribution in [0.4, 0.5) is 0 Å². The summed E-state index contributed by atoms with van der Waals surface area (Å²) in [5.41, 5.74) is 2.65. The highest BCUT2D eigenvalue weighted by atomic mass is 16.5. The maximum Gasteiger partial charge on any atom is 0.138 e. The zero-order valence-electron chi connectivity index (χ0n) is 12.2. The molecule has 0 spiro atoms. The lowest BCUT2D eigenvalue weighted by Crippen LogP contribution is -1.99. The number of aliphatic hydroxyl groups is 1. The van der Waals surface area contributed by atoms with Gasteiger partial charge in [-0.1, -0.05) is 30.3 Å². The van der Waals surface area contributed by atoms with E-state index in [1.165, 1.54) is 0 Å². The van der Waals surface area contributed by atoms with E-state index >= 15 is 0 Å². The predicted molar refractivity (Wildman–Crippen MR) is 82.6 cm³/mol. The average Bonchev–Trinajstić information content (AvgIpc) is 2.93. The van der Waals surface area contributed by atoms with Crippen molar-refractivity contribution < 1.29 is 14.3 Å². The zero-order chi connectivity index (χ0) is 14.8. The molecule has 0 aliphatic carbocycles. The van der Waals surface area contributed by atoms with Gasteiger partial charge in [-0.25, -0.2) is 0 Å². The van der Waals surface area contributed by atoms with E-state index in [9.17, 15) is 5.11 Å². The van der Waals surface area contributed by atoms with Gasteiger partial charge in [0.25, 0.3) is 0 Å². The van der Waals surface area contributed by atoms with E-state index in [2.05, 4.69) is 0 Å². The third-order valence-corrected chi connectivity index (χ3v) is 3.51. The first-order chi connectivity index (χ1) is 10.2. The van der Waals surface area contributed by atoms with Crippen molar-refractivity contribution in [2.24, 2.45) is 0 Å². The zero-order valence-corrected chi connectivity index (χ0v) is 12.2. The summed E-state index contributed by atoms with van der Waals surface area (Å²) < 4.78 is 11.3. The second-order valence-electron chi connectivity index (χ2n) is 5.05. The Bertz CT molecular complexity index is 758. The number of furan rings is 1. The standard InChI is InChI=1S/C18H18O3/c1-3-20-15-9-5-7-13(10-15)17(19)16-11-14-8-4-6-12(2)18(14)21-16/h4-11,17,19H,3H2,1-2H3. The molecule has 3 rings (SSSR count). The molecule has 1 unspecified atom stereocenters. The van der Waals surface area contributed by atoms with Crippen LogP contribution in [0.2, 0.25) is 0 Å². The number of ether oxygens (including phenoxy) is 1. The van der Waals surface area contributed by atoms with Gasteiger partial charge in [-0.15, -0.1) is 0 Å². The Hall–Kier alpha value is -2.26. The molecule has 0 aliphatic heterocycles. The minimum atomic E-state index is -0.794. The van der Waals surface area contributed by atoms with Gasteiger partial charge in [-0.2, -0.15) is 0 Å². The minimum Gasteiger partial charge on any atom is -0.494 e. The highest BCUT2D eigenvalue weighted by Crippen LogP contribution is 2.31. The first kappa shape index (κ1) is 13.7. The number of aryl methyl sites for hydroxylation is 1. The summed E-state index contributed by atoms with van der Waals surface area (Å²) in [6, 6.07) is 15.3. The topological polar surface area (TPSA) is 42.6 Å². The molecular formula is C18H18O3. The molecule has 0 amide bonds. The van der Waals surface area contributed by atoms with Gasteiger partial charge in [0.2, 0.25) is 0 Å². The van der Waals surface area contributed by atoms with Gasteiger partial charge in [0.1, 0.15) is 23.2 Å². The molecular weight excluding hydrogens is 264 g/mol. The van der Waals surface area contributed by atoms with Gasteiger partial charge in [0.15, 0.2) is 0 Å². The lowest BCUT2D eigenvalue weighted by atomic mass is 10.1. The SMILES string of the molecule is CCOc1cccc(C(O)c2cc3cccc(C)c3o2)c1. The summed E-state index contributed by atoms with van der Waals surface area (Å²) in [7, 11) is 0. The van der Waals surface area contributed by atoms with Crippen LogP contribution in [0.5, 0.6) is 5.75 Å². The van der Waals surface area contributed by atoms with Gasteiger partial charge in [-0.3, -0.25) is 0 Å². The largest absolute Gasteiger partial charge is 0.494 e. The third-order valence-electron chi connectivity index (χ3n) is 3.51. The lowest BCUT2D eigenvalue weighted by Gasteiger charge is -2.10. The molecule has 21 heavy (non-hydrogen) atoms. The Morgan fingerprint density at radius 2 is 1.95 bits per heavy atom. The second kappa shape index (κ2) is 5.62. The second-order valence-corrected chi connectivity index (χ2v) is 5.05. The van der Waals surface area contributed by atoms with E-state index in [1.54, 1.807) is 0 Å². The molecule has 108 valence electrons. The van der Waals surface area contributed by atoms with Crippen LogP contribution in [-0.4, -0.2) is 11.7 Å². The van der Waals surface area contributed by atoms with Crippen molar-refractivity contribution in [3.63, 3.8) is 0 Å². The van der Waals surface area contributed by atoms with E-state index in [0.717, 1.165) is 27.8 Å². The number of hydrogen-bond acceptors (Lipinski definition) is 3. The van der Waals surface area contributed by atoms with Crippen LogP contribution >= 0.6 is 0 Å². The van der Waals surface area contributed by atoms with Gasteiger partial charge < -0.3 is 14.3 Å². The molecule has 3 aromatic rings. The molecule has 3 nitrogen and oxygen atoms in total. The molecule has 3 heteroatoms. The first-order valence-electron chi connectivity index (χ1n) is 7.09. The van der Waals surface area contributed by atoms with E-state index in [-0.39, 0.29) is 0 Å². The molecule has 0 radical (unpaired) electrons. The quantitative estimate of drug-likeness (QED) is 0.779. The normalized spacial score (nSPS) is 12.5. The molecule has 0 saturated heterocycles. The monoisotopic (exact) mass is 282 g/mol. The molecule has 1 aromatic heterocycles. The third kappa shape index (κ3) is 2.65. The molecule has 1 N–H and O–H groups in total. The maximum atomic E-state index is 10.5. The summed E-state index contributed by atoms with van der Waals surface area (Å²) in [6.45, 7) is 4.53. The van der Waals surface area contributed by atoms with E-state index in [4.69, 9.17) is 9.15 Å². The van der Waals surface area contributed by atoms with Gasteiger partial charge in [0.05, 0.1) is 6.61 Å². The molecule has 0 fully saturated rings. The Kier molecular flexibility index (Phi) is 3.67. The number of aliphatic hydroxyl groups excluding tert-OH is 1. The van der Waals surface area contributed by atoms with E-state index in [0.29, 0.717) is 12.4 Å². The summed E-state index contributed by atoms with van der Waals surface area (Å²) in [5, 5.41) is 11.5. The lowest BCUT2D eigenvalue weighted by molar-refractivity contribution is 0.191. The van der Waals surface area contributed by atoms with Crippen LogP contribution in [0.25, 0.3) is 11.0 Å².